The molecule has 0 amide bonds. The van der Waals surface area contributed by atoms with E-state index in [1.54, 1.807) is 11.3 Å². The first-order chi connectivity index (χ1) is 8.47. The molecule has 2 aromatic heterocycles. The first-order valence-corrected chi connectivity index (χ1v) is 7.92. The van der Waals surface area contributed by atoms with E-state index in [0.29, 0.717) is 12.1 Å². The Morgan fingerprint density at radius 1 is 1.17 bits per heavy atom. The van der Waals surface area contributed by atoms with Crippen molar-refractivity contribution in [3.8, 4) is 0 Å². The van der Waals surface area contributed by atoms with Crippen molar-refractivity contribution < 1.29 is 0 Å². The van der Waals surface area contributed by atoms with Gasteiger partial charge in [0.05, 0.1) is 10.7 Å². The van der Waals surface area contributed by atoms with Crippen LogP contribution in [0.15, 0.2) is 11.4 Å². The molecule has 1 N–H and O–H groups in total. The van der Waals surface area contributed by atoms with Gasteiger partial charge < -0.3 is 5.32 Å². The Labute approximate surface area is 117 Å². The highest BCUT2D eigenvalue weighted by atomic mass is 32.1. The zero-order valence-corrected chi connectivity index (χ0v) is 13.2. The van der Waals surface area contributed by atoms with Crippen LogP contribution in [0.5, 0.6) is 0 Å². The Kier molecular flexibility index (Phi) is 4.20. The van der Waals surface area contributed by atoms with Crippen molar-refractivity contribution in [1.82, 2.24) is 10.3 Å². The van der Waals surface area contributed by atoms with Crippen LogP contribution in [-0.2, 0) is 0 Å². The third kappa shape index (κ3) is 2.99. The summed E-state index contributed by atoms with van der Waals surface area (Å²) in [6.07, 6.45) is 0. The molecule has 0 saturated heterocycles. The Morgan fingerprint density at radius 2 is 1.89 bits per heavy atom. The van der Waals surface area contributed by atoms with Gasteiger partial charge in [-0.2, -0.15) is 0 Å². The molecule has 4 heteroatoms. The molecule has 0 bridgehead atoms. The predicted octanol–water partition coefficient (Wildman–Crippen LogP) is 4.54. The lowest BCUT2D eigenvalue weighted by Gasteiger charge is -2.18. The highest BCUT2D eigenvalue weighted by Gasteiger charge is 2.16. The van der Waals surface area contributed by atoms with Crippen LogP contribution >= 0.6 is 22.7 Å². The van der Waals surface area contributed by atoms with Gasteiger partial charge in [-0.05, 0) is 46.2 Å². The minimum atomic E-state index is 0.296. The molecule has 0 saturated carbocycles. The minimum Gasteiger partial charge on any atom is -0.302 e. The Hall–Kier alpha value is -0.710. The summed E-state index contributed by atoms with van der Waals surface area (Å²) < 4.78 is 0. The molecule has 2 heterocycles. The molecule has 0 aliphatic heterocycles. The molecule has 0 aliphatic rings. The number of hydrogen-bond donors (Lipinski definition) is 1. The van der Waals surface area contributed by atoms with E-state index in [1.807, 2.05) is 11.3 Å². The normalized spacial score (nSPS) is 14.7. The van der Waals surface area contributed by atoms with E-state index < -0.39 is 0 Å². The van der Waals surface area contributed by atoms with Crippen LogP contribution in [0, 0.1) is 20.8 Å². The minimum absolute atomic E-state index is 0.296. The quantitative estimate of drug-likeness (QED) is 0.889. The monoisotopic (exact) mass is 280 g/mol. The van der Waals surface area contributed by atoms with E-state index in [0.717, 1.165) is 10.7 Å². The molecule has 0 aromatic carbocycles. The summed E-state index contributed by atoms with van der Waals surface area (Å²) in [6, 6.07) is 2.95. The first kappa shape index (κ1) is 13.7. The summed E-state index contributed by atoms with van der Waals surface area (Å²) in [5.41, 5.74) is 2.56. The highest BCUT2D eigenvalue weighted by Crippen LogP contribution is 2.28. The second-order valence-electron chi connectivity index (χ2n) is 4.77. The van der Waals surface area contributed by atoms with Gasteiger partial charge in [0.15, 0.2) is 0 Å². The van der Waals surface area contributed by atoms with Crippen molar-refractivity contribution >= 4 is 22.7 Å². The smallest absolute Gasteiger partial charge is 0.0898 e. The van der Waals surface area contributed by atoms with Crippen LogP contribution in [-0.4, -0.2) is 4.98 Å². The van der Waals surface area contributed by atoms with Gasteiger partial charge in [0.2, 0.25) is 0 Å². The van der Waals surface area contributed by atoms with E-state index >= 15 is 0 Å². The van der Waals surface area contributed by atoms with E-state index in [-0.39, 0.29) is 0 Å². The maximum Gasteiger partial charge on any atom is 0.0898 e. The average Bonchev–Trinajstić information content (AvgIpc) is 2.84. The standard InChI is InChI=1S/C14H20N2S2/c1-8-6-13(11(4)18-8)9(2)15-10(3)14-7-17-12(5)16-14/h6-7,9-10,15H,1-5H3. The van der Waals surface area contributed by atoms with Gasteiger partial charge in [0.1, 0.15) is 0 Å². The van der Waals surface area contributed by atoms with Gasteiger partial charge in [0, 0.05) is 27.2 Å². The van der Waals surface area contributed by atoms with Crippen LogP contribution in [0.2, 0.25) is 0 Å². The van der Waals surface area contributed by atoms with Gasteiger partial charge >= 0.3 is 0 Å². The van der Waals surface area contributed by atoms with Crippen molar-refractivity contribution in [2.75, 3.05) is 0 Å². The maximum absolute atomic E-state index is 4.54. The van der Waals surface area contributed by atoms with Crippen molar-refractivity contribution in [2.45, 2.75) is 46.7 Å². The fourth-order valence-corrected chi connectivity index (χ4v) is 3.94. The van der Waals surface area contributed by atoms with Gasteiger partial charge in [-0.15, -0.1) is 22.7 Å². The molecular weight excluding hydrogens is 260 g/mol. The first-order valence-electron chi connectivity index (χ1n) is 6.22. The largest absolute Gasteiger partial charge is 0.302 e. The van der Waals surface area contributed by atoms with Gasteiger partial charge in [-0.25, -0.2) is 4.98 Å². The fraction of sp³-hybridized carbons (Fsp3) is 0.500. The molecule has 98 valence electrons. The molecule has 2 aromatic rings. The van der Waals surface area contributed by atoms with Crippen molar-refractivity contribution in [3.63, 3.8) is 0 Å². The van der Waals surface area contributed by atoms with Crippen molar-refractivity contribution in [2.24, 2.45) is 0 Å². The molecule has 2 atom stereocenters. The molecule has 2 nitrogen and oxygen atoms in total. The number of hydrogen-bond acceptors (Lipinski definition) is 4. The third-order valence-corrected chi connectivity index (χ3v) is 4.90. The van der Waals surface area contributed by atoms with Crippen molar-refractivity contribution in [3.05, 3.63) is 37.5 Å². The van der Waals surface area contributed by atoms with E-state index in [2.05, 4.69) is 56.4 Å². The maximum atomic E-state index is 4.54. The summed E-state index contributed by atoms with van der Waals surface area (Å²) in [4.78, 5) is 7.34. The molecule has 0 aliphatic carbocycles. The van der Waals surface area contributed by atoms with Crippen LogP contribution in [0.1, 0.15) is 52.0 Å². The molecule has 18 heavy (non-hydrogen) atoms. The molecule has 2 rings (SSSR count). The summed E-state index contributed by atoms with van der Waals surface area (Å²) >= 11 is 3.58. The third-order valence-electron chi connectivity index (χ3n) is 3.13. The lowest BCUT2D eigenvalue weighted by molar-refractivity contribution is 0.487. The number of thiazole rings is 1. The molecule has 2 unspecified atom stereocenters. The van der Waals surface area contributed by atoms with Crippen LogP contribution in [0.4, 0.5) is 0 Å². The topological polar surface area (TPSA) is 24.9 Å². The van der Waals surface area contributed by atoms with E-state index in [9.17, 15) is 0 Å². The van der Waals surface area contributed by atoms with Crippen molar-refractivity contribution in [1.29, 1.82) is 0 Å². The summed E-state index contributed by atoms with van der Waals surface area (Å²) in [7, 11) is 0. The average molecular weight is 280 g/mol. The van der Waals surface area contributed by atoms with Gasteiger partial charge in [-0.1, -0.05) is 0 Å². The van der Waals surface area contributed by atoms with E-state index in [1.165, 1.54) is 15.3 Å². The second kappa shape index (κ2) is 5.51. The summed E-state index contributed by atoms with van der Waals surface area (Å²) in [5.74, 6) is 0. The Bertz CT molecular complexity index is 528. The van der Waals surface area contributed by atoms with Gasteiger partial charge in [-0.3, -0.25) is 0 Å². The van der Waals surface area contributed by atoms with Crippen LogP contribution in [0.3, 0.4) is 0 Å². The number of aryl methyl sites for hydroxylation is 3. The Balaban J connectivity index is 2.07. The summed E-state index contributed by atoms with van der Waals surface area (Å²) in [6.45, 7) is 10.8. The predicted molar refractivity (Wildman–Crippen MR) is 80.6 cm³/mol. The summed E-state index contributed by atoms with van der Waals surface area (Å²) in [5, 5.41) is 6.91. The molecule has 0 radical (unpaired) electrons. The number of nitrogens with one attached hydrogen (secondary N) is 1. The second-order valence-corrected chi connectivity index (χ2v) is 7.29. The zero-order chi connectivity index (χ0) is 13.3. The Morgan fingerprint density at radius 3 is 2.39 bits per heavy atom. The zero-order valence-electron chi connectivity index (χ0n) is 11.6. The lowest BCUT2D eigenvalue weighted by atomic mass is 10.1. The number of aromatic nitrogens is 1. The number of rotatable bonds is 4. The van der Waals surface area contributed by atoms with Crippen LogP contribution < -0.4 is 5.32 Å². The number of nitrogens with zero attached hydrogens (tertiary/aromatic N) is 1. The fourth-order valence-electron chi connectivity index (χ4n) is 2.21. The molecule has 0 spiro atoms. The number of thiophene rings is 1. The van der Waals surface area contributed by atoms with Crippen LogP contribution in [0.25, 0.3) is 0 Å². The highest BCUT2D eigenvalue weighted by molar-refractivity contribution is 7.12. The lowest BCUT2D eigenvalue weighted by Crippen LogP contribution is -2.22. The SMILES string of the molecule is Cc1cc(C(C)NC(C)c2csc(C)n2)c(C)s1. The van der Waals surface area contributed by atoms with E-state index in [4.69, 9.17) is 0 Å². The molecule has 0 fully saturated rings. The molecular formula is C14H20N2S2. The van der Waals surface area contributed by atoms with Gasteiger partial charge in [0.25, 0.3) is 0 Å².